The molecule has 1 heterocycles. The van der Waals surface area contributed by atoms with Crippen LogP contribution < -0.4 is 10.1 Å². The van der Waals surface area contributed by atoms with Crippen LogP contribution in [-0.4, -0.2) is 36.8 Å². The molecule has 1 amide bonds. The summed E-state index contributed by atoms with van der Waals surface area (Å²) < 4.78 is 16.2. The second kappa shape index (κ2) is 10.4. The first-order chi connectivity index (χ1) is 12.2. The van der Waals surface area contributed by atoms with E-state index in [4.69, 9.17) is 14.2 Å². The second-order valence-electron chi connectivity index (χ2n) is 5.35. The van der Waals surface area contributed by atoms with Crippen LogP contribution in [0.2, 0.25) is 0 Å². The third kappa shape index (κ3) is 6.91. The summed E-state index contributed by atoms with van der Waals surface area (Å²) >= 11 is 0. The first kappa shape index (κ1) is 18.9. The Morgan fingerprint density at radius 3 is 2.64 bits per heavy atom. The Morgan fingerprint density at radius 1 is 1.16 bits per heavy atom. The minimum Gasteiger partial charge on any atom is -0.439 e. The summed E-state index contributed by atoms with van der Waals surface area (Å²) in [6.45, 7) is 5.55. The van der Waals surface area contributed by atoms with Crippen molar-refractivity contribution in [2.75, 3.05) is 19.8 Å². The number of nitrogens with zero attached hydrogens (tertiary/aromatic N) is 1. The molecule has 6 nitrogen and oxygen atoms in total. The maximum absolute atomic E-state index is 12.0. The van der Waals surface area contributed by atoms with Crippen LogP contribution in [0.25, 0.3) is 0 Å². The number of aromatic nitrogens is 1. The van der Waals surface area contributed by atoms with Crippen LogP contribution in [0.3, 0.4) is 0 Å². The molecule has 1 unspecified atom stereocenters. The monoisotopic (exact) mass is 344 g/mol. The molecule has 1 aromatic heterocycles. The number of carbonyl (C=O) groups excluding carboxylic acids is 1. The van der Waals surface area contributed by atoms with Gasteiger partial charge in [0.05, 0.1) is 13.2 Å². The minimum atomic E-state index is -0.519. The van der Waals surface area contributed by atoms with Gasteiger partial charge in [-0.05, 0) is 31.5 Å². The number of pyridine rings is 1. The smallest absolute Gasteiger partial charge is 0.249 e. The lowest BCUT2D eigenvalue weighted by molar-refractivity contribution is -0.132. The Hall–Kier alpha value is -2.44. The van der Waals surface area contributed by atoms with Crippen molar-refractivity contribution in [2.24, 2.45) is 0 Å². The molecule has 1 N–H and O–H groups in total. The van der Waals surface area contributed by atoms with Crippen LogP contribution in [0.4, 0.5) is 0 Å². The lowest BCUT2D eigenvalue weighted by Gasteiger charge is -2.13. The first-order valence-electron chi connectivity index (χ1n) is 8.34. The molecule has 0 aliphatic rings. The van der Waals surface area contributed by atoms with Crippen molar-refractivity contribution in [2.45, 2.75) is 26.5 Å². The van der Waals surface area contributed by atoms with Gasteiger partial charge in [0.15, 0.2) is 0 Å². The normalized spacial score (nSPS) is 11.8. The molecule has 0 spiro atoms. The van der Waals surface area contributed by atoms with Crippen LogP contribution in [0.1, 0.15) is 19.4 Å². The van der Waals surface area contributed by atoms with E-state index in [9.17, 15) is 4.79 Å². The number of carbonyl (C=O) groups is 1. The summed E-state index contributed by atoms with van der Waals surface area (Å²) in [5.41, 5.74) is 0.885. The van der Waals surface area contributed by atoms with Gasteiger partial charge in [-0.25, -0.2) is 4.98 Å². The third-order valence-electron chi connectivity index (χ3n) is 3.40. The molecular formula is C19H24N2O4. The zero-order chi connectivity index (χ0) is 17.9. The van der Waals surface area contributed by atoms with Crippen LogP contribution in [0.5, 0.6) is 11.6 Å². The first-order valence-corrected chi connectivity index (χ1v) is 8.34. The van der Waals surface area contributed by atoms with Crippen molar-refractivity contribution in [3.8, 4) is 11.6 Å². The molecule has 1 aromatic carbocycles. The molecule has 2 rings (SSSR count). The quantitative estimate of drug-likeness (QED) is 0.671. The maximum atomic E-state index is 12.0. The largest absolute Gasteiger partial charge is 0.439 e. The molecule has 25 heavy (non-hydrogen) atoms. The summed E-state index contributed by atoms with van der Waals surface area (Å²) in [5.74, 6) is 1.07. The molecule has 1 atom stereocenters. The number of nitrogens with one attached hydrogen (secondary N) is 1. The predicted octanol–water partition coefficient (Wildman–Crippen LogP) is 2.93. The number of rotatable bonds is 10. The average Bonchev–Trinajstić information content (AvgIpc) is 2.65. The molecule has 0 fully saturated rings. The predicted molar refractivity (Wildman–Crippen MR) is 94.5 cm³/mol. The van der Waals surface area contributed by atoms with Gasteiger partial charge >= 0.3 is 0 Å². The van der Waals surface area contributed by atoms with Crippen LogP contribution in [-0.2, 0) is 20.8 Å². The molecule has 0 aliphatic heterocycles. The fourth-order valence-electron chi connectivity index (χ4n) is 2.02. The minimum absolute atomic E-state index is 0.166. The van der Waals surface area contributed by atoms with Crippen LogP contribution in [0.15, 0.2) is 48.7 Å². The molecular weight excluding hydrogens is 320 g/mol. The van der Waals surface area contributed by atoms with Crippen molar-refractivity contribution in [1.82, 2.24) is 10.3 Å². The van der Waals surface area contributed by atoms with Crippen LogP contribution >= 0.6 is 0 Å². The Kier molecular flexibility index (Phi) is 7.88. The van der Waals surface area contributed by atoms with E-state index in [-0.39, 0.29) is 5.91 Å². The van der Waals surface area contributed by atoms with E-state index in [1.54, 1.807) is 19.2 Å². The van der Waals surface area contributed by atoms with Crippen molar-refractivity contribution >= 4 is 5.91 Å². The topological polar surface area (TPSA) is 69.7 Å². The van der Waals surface area contributed by atoms with Crippen molar-refractivity contribution in [1.29, 1.82) is 0 Å². The van der Waals surface area contributed by atoms with E-state index in [2.05, 4.69) is 10.3 Å². The molecule has 0 saturated carbocycles. The van der Waals surface area contributed by atoms with Gasteiger partial charge in [0, 0.05) is 25.4 Å². The number of benzene rings is 1. The standard InChI is InChI=1S/C19H24N2O4/c1-3-23-11-12-24-15(2)19(22)21-14-16-9-10-18(20-13-16)25-17-7-5-4-6-8-17/h4-10,13,15H,3,11-12,14H2,1-2H3,(H,21,22). The summed E-state index contributed by atoms with van der Waals surface area (Å²) in [6, 6.07) is 13.1. The number of ether oxygens (including phenoxy) is 3. The van der Waals surface area contributed by atoms with E-state index in [0.29, 0.717) is 32.2 Å². The summed E-state index contributed by atoms with van der Waals surface area (Å²) in [5, 5.41) is 2.82. The number of hydrogen-bond donors (Lipinski definition) is 1. The summed E-state index contributed by atoms with van der Waals surface area (Å²) in [6.07, 6.45) is 1.16. The summed E-state index contributed by atoms with van der Waals surface area (Å²) in [4.78, 5) is 16.2. The van der Waals surface area contributed by atoms with Crippen molar-refractivity contribution in [3.63, 3.8) is 0 Å². The average molecular weight is 344 g/mol. The zero-order valence-corrected chi connectivity index (χ0v) is 14.6. The van der Waals surface area contributed by atoms with Gasteiger partial charge in [-0.2, -0.15) is 0 Å². The zero-order valence-electron chi connectivity index (χ0n) is 14.6. The van der Waals surface area contributed by atoms with Gasteiger partial charge in [0.2, 0.25) is 11.8 Å². The number of para-hydroxylation sites is 1. The number of hydrogen-bond acceptors (Lipinski definition) is 5. The molecule has 2 aromatic rings. The van der Waals surface area contributed by atoms with E-state index in [0.717, 1.165) is 11.3 Å². The Labute approximate surface area is 148 Å². The van der Waals surface area contributed by atoms with Gasteiger partial charge < -0.3 is 19.5 Å². The van der Waals surface area contributed by atoms with Crippen LogP contribution in [0, 0.1) is 0 Å². The van der Waals surface area contributed by atoms with Gasteiger partial charge in [-0.1, -0.05) is 24.3 Å². The van der Waals surface area contributed by atoms with Gasteiger partial charge in [0.25, 0.3) is 0 Å². The second-order valence-corrected chi connectivity index (χ2v) is 5.35. The SMILES string of the molecule is CCOCCOC(C)C(=O)NCc1ccc(Oc2ccccc2)nc1. The fraction of sp³-hybridized carbons (Fsp3) is 0.368. The Balaban J connectivity index is 1.74. The molecule has 0 bridgehead atoms. The van der Waals surface area contributed by atoms with E-state index in [1.807, 2.05) is 43.3 Å². The summed E-state index contributed by atoms with van der Waals surface area (Å²) in [7, 11) is 0. The van der Waals surface area contributed by atoms with Gasteiger partial charge in [-0.3, -0.25) is 4.79 Å². The molecule has 6 heteroatoms. The van der Waals surface area contributed by atoms with Gasteiger partial charge in [0.1, 0.15) is 11.9 Å². The maximum Gasteiger partial charge on any atom is 0.249 e. The lowest BCUT2D eigenvalue weighted by atomic mass is 10.2. The highest BCUT2D eigenvalue weighted by Crippen LogP contribution is 2.18. The highest BCUT2D eigenvalue weighted by Gasteiger charge is 2.12. The van der Waals surface area contributed by atoms with E-state index in [1.165, 1.54) is 0 Å². The highest BCUT2D eigenvalue weighted by atomic mass is 16.5. The molecule has 0 aliphatic carbocycles. The Bertz CT molecular complexity index is 632. The molecule has 0 radical (unpaired) electrons. The van der Waals surface area contributed by atoms with E-state index < -0.39 is 6.10 Å². The third-order valence-corrected chi connectivity index (χ3v) is 3.40. The molecule has 134 valence electrons. The fourth-order valence-corrected chi connectivity index (χ4v) is 2.02. The number of amides is 1. The highest BCUT2D eigenvalue weighted by molar-refractivity contribution is 5.80. The van der Waals surface area contributed by atoms with E-state index >= 15 is 0 Å². The molecule has 0 saturated heterocycles. The Morgan fingerprint density at radius 2 is 1.96 bits per heavy atom. The van der Waals surface area contributed by atoms with Crippen molar-refractivity contribution < 1.29 is 19.0 Å². The lowest BCUT2D eigenvalue weighted by Crippen LogP contribution is -2.34. The van der Waals surface area contributed by atoms with Gasteiger partial charge in [-0.15, -0.1) is 0 Å². The van der Waals surface area contributed by atoms with Crippen molar-refractivity contribution in [3.05, 3.63) is 54.2 Å².